The summed E-state index contributed by atoms with van der Waals surface area (Å²) < 4.78 is 5.76. The van der Waals surface area contributed by atoms with E-state index < -0.39 is 5.91 Å². The Hall–Kier alpha value is -1.77. The highest BCUT2D eigenvalue weighted by molar-refractivity contribution is 5.95. The molecule has 16 heavy (non-hydrogen) atoms. The van der Waals surface area contributed by atoms with Gasteiger partial charge in [-0.3, -0.25) is 4.79 Å². The van der Waals surface area contributed by atoms with Gasteiger partial charge in [0.1, 0.15) is 11.9 Å². The predicted molar refractivity (Wildman–Crippen MR) is 62.4 cm³/mol. The van der Waals surface area contributed by atoms with Crippen LogP contribution in [0.15, 0.2) is 36.4 Å². The Morgan fingerprint density at radius 1 is 1.38 bits per heavy atom. The molecule has 0 fully saturated rings. The molecule has 2 N–H and O–H groups in total. The molecule has 1 aromatic carbocycles. The summed E-state index contributed by atoms with van der Waals surface area (Å²) in [6.07, 6.45) is 7.44. The number of para-hydroxylation sites is 1. The number of hydrogen-bond donors (Lipinski definition) is 1. The molecular formula is C13H15NO2. The Kier molecular flexibility index (Phi) is 3.25. The molecule has 1 aromatic rings. The molecule has 84 valence electrons. The molecule has 0 heterocycles. The summed E-state index contributed by atoms with van der Waals surface area (Å²) in [6, 6.07) is 7.09. The molecule has 1 atom stereocenters. The second-order valence-electron chi connectivity index (χ2n) is 3.88. The first-order valence-corrected chi connectivity index (χ1v) is 5.49. The Morgan fingerprint density at radius 2 is 2.19 bits per heavy atom. The van der Waals surface area contributed by atoms with Crippen molar-refractivity contribution in [1.29, 1.82) is 0 Å². The SMILES string of the molecule is NC(=O)c1ccccc1OC1C=CCCC1. The molecule has 0 aromatic heterocycles. The van der Waals surface area contributed by atoms with Crippen molar-refractivity contribution in [3.05, 3.63) is 42.0 Å². The van der Waals surface area contributed by atoms with Crippen molar-refractivity contribution in [2.24, 2.45) is 5.73 Å². The Morgan fingerprint density at radius 3 is 2.88 bits per heavy atom. The molecule has 0 radical (unpaired) electrons. The highest BCUT2D eigenvalue weighted by Gasteiger charge is 2.14. The lowest BCUT2D eigenvalue weighted by Gasteiger charge is -2.19. The third kappa shape index (κ3) is 2.42. The monoisotopic (exact) mass is 217 g/mol. The number of ether oxygens (including phenoxy) is 1. The van der Waals surface area contributed by atoms with Crippen molar-refractivity contribution in [3.63, 3.8) is 0 Å². The van der Waals surface area contributed by atoms with Gasteiger partial charge in [-0.1, -0.05) is 18.2 Å². The van der Waals surface area contributed by atoms with Crippen molar-refractivity contribution >= 4 is 5.91 Å². The standard InChI is InChI=1S/C13H15NO2/c14-13(15)11-8-4-5-9-12(11)16-10-6-2-1-3-7-10/h2,4-6,8-10H,1,3,7H2,(H2,14,15). The fourth-order valence-electron chi connectivity index (χ4n) is 1.82. The number of amides is 1. The molecule has 0 aliphatic heterocycles. The molecule has 1 amide bonds. The quantitative estimate of drug-likeness (QED) is 0.789. The van der Waals surface area contributed by atoms with E-state index in [4.69, 9.17) is 10.5 Å². The summed E-state index contributed by atoms with van der Waals surface area (Å²) in [5, 5.41) is 0. The van der Waals surface area contributed by atoms with E-state index in [0.29, 0.717) is 11.3 Å². The molecule has 2 rings (SSSR count). The van der Waals surface area contributed by atoms with Crippen LogP contribution < -0.4 is 10.5 Å². The molecule has 3 nitrogen and oxygen atoms in total. The zero-order valence-corrected chi connectivity index (χ0v) is 9.06. The van der Waals surface area contributed by atoms with Gasteiger partial charge in [0.2, 0.25) is 0 Å². The van der Waals surface area contributed by atoms with Gasteiger partial charge in [0.15, 0.2) is 0 Å². The minimum atomic E-state index is -0.449. The number of allylic oxidation sites excluding steroid dienone is 1. The number of benzene rings is 1. The van der Waals surface area contributed by atoms with E-state index in [9.17, 15) is 4.79 Å². The second-order valence-corrected chi connectivity index (χ2v) is 3.88. The van der Waals surface area contributed by atoms with Crippen LogP contribution in [-0.4, -0.2) is 12.0 Å². The van der Waals surface area contributed by atoms with E-state index in [2.05, 4.69) is 6.08 Å². The van der Waals surface area contributed by atoms with Gasteiger partial charge < -0.3 is 10.5 Å². The first kappa shape index (κ1) is 10.7. The van der Waals surface area contributed by atoms with Crippen LogP contribution in [0.25, 0.3) is 0 Å². The van der Waals surface area contributed by atoms with Gasteiger partial charge in [0.25, 0.3) is 5.91 Å². The van der Waals surface area contributed by atoms with E-state index in [1.807, 2.05) is 12.1 Å². The fourth-order valence-corrected chi connectivity index (χ4v) is 1.82. The number of rotatable bonds is 3. The molecule has 1 aliphatic carbocycles. The van der Waals surface area contributed by atoms with Crippen molar-refractivity contribution in [2.45, 2.75) is 25.4 Å². The van der Waals surface area contributed by atoms with Crippen LogP contribution in [0.5, 0.6) is 5.75 Å². The lowest BCUT2D eigenvalue weighted by Crippen LogP contribution is -2.19. The average Bonchev–Trinajstić information content (AvgIpc) is 2.31. The zero-order valence-electron chi connectivity index (χ0n) is 9.06. The smallest absolute Gasteiger partial charge is 0.252 e. The van der Waals surface area contributed by atoms with Crippen molar-refractivity contribution < 1.29 is 9.53 Å². The number of hydrogen-bond acceptors (Lipinski definition) is 2. The van der Waals surface area contributed by atoms with Gasteiger partial charge in [-0.15, -0.1) is 0 Å². The summed E-state index contributed by atoms with van der Waals surface area (Å²) in [5.74, 6) is 0.127. The van der Waals surface area contributed by atoms with Gasteiger partial charge in [-0.2, -0.15) is 0 Å². The molecule has 0 spiro atoms. The highest BCUT2D eigenvalue weighted by atomic mass is 16.5. The van der Waals surface area contributed by atoms with Gasteiger partial charge in [0.05, 0.1) is 5.56 Å². The summed E-state index contributed by atoms with van der Waals surface area (Å²) in [4.78, 5) is 11.2. The molecule has 1 aliphatic rings. The number of carbonyl (C=O) groups excluding carboxylic acids is 1. The van der Waals surface area contributed by atoms with Crippen molar-refractivity contribution in [3.8, 4) is 5.75 Å². The first-order chi connectivity index (χ1) is 7.77. The minimum Gasteiger partial charge on any atom is -0.486 e. The molecule has 1 unspecified atom stereocenters. The van der Waals surface area contributed by atoms with Gasteiger partial charge in [-0.25, -0.2) is 0 Å². The third-order valence-electron chi connectivity index (χ3n) is 2.64. The van der Waals surface area contributed by atoms with Crippen LogP contribution in [0.2, 0.25) is 0 Å². The lowest BCUT2D eigenvalue weighted by molar-refractivity contribution is 0.0994. The summed E-state index contributed by atoms with van der Waals surface area (Å²) >= 11 is 0. The minimum absolute atomic E-state index is 0.0641. The van der Waals surface area contributed by atoms with Crippen LogP contribution in [0.4, 0.5) is 0 Å². The summed E-state index contributed by atoms with van der Waals surface area (Å²) in [7, 11) is 0. The fraction of sp³-hybridized carbons (Fsp3) is 0.308. The Labute approximate surface area is 94.9 Å². The van der Waals surface area contributed by atoms with Crippen LogP contribution in [0.3, 0.4) is 0 Å². The van der Waals surface area contributed by atoms with E-state index >= 15 is 0 Å². The van der Waals surface area contributed by atoms with Gasteiger partial charge >= 0.3 is 0 Å². The summed E-state index contributed by atoms with van der Waals surface area (Å²) in [6.45, 7) is 0. The van der Waals surface area contributed by atoms with Crippen LogP contribution >= 0.6 is 0 Å². The molecule has 0 saturated carbocycles. The van der Waals surface area contributed by atoms with Gasteiger partial charge in [0, 0.05) is 0 Å². The van der Waals surface area contributed by atoms with E-state index in [0.717, 1.165) is 19.3 Å². The van der Waals surface area contributed by atoms with Crippen molar-refractivity contribution in [2.75, 3.05) is 0 Å². The topological polar surface area (TPSA) is 52.3 Å². The maximum Gasteiger partial charge on any atom is 0.252 e. The summed E-state index contributed by atoms with van der Waals surface area (Å²) in [5.41, 5.74) is 5.73. The number of carbonyl (C=O) groups is 1. The Balaban J connectivity index is 2.17. The zero-order chi connectivity index (χ0) is 11.4. The van der Waals surface area contributed by atoms with Gasteiger partial charge in [-0.05, 0) is 37.5 Å². The van der Waals surface area contributed by atoms with Crippen LogP contribution in [0.1, 0.15) is 29.6 Å². The molecular weight excluding hydrogens is 202 g/mol. The second kappa shape index (κ2) is 4.84. The number of nitrogens with two attached hydrogens (primary N) is 1. The lowest BCUT2D eigenvalue weighted by atomic mass is 10.1. The maximum atomic E-state index is 11.2. The van der Waals surface area contributed by atoms with E-state index in [1.54, 1.807) is 18.2 Å². The van der Waals surface area contributed by atoms with Crippen LogP contribution in [0, 0.1) is 0 Å². The number of primary amides is 1. The third-order valence-corrected chi connectivity index (χ3v) is 2.64. The van der Waals surface area contributed by atoms with E-state index in [-0.39, 0.29) is 6.10 Å². The highest BCUT2D eigenvalue weighted by Crippen LogP contribution is 2.22. The van der Waals surface area contributed by atoms with Crippen molar-refractivity contribution in [1.82, 2.24) is 0 Å². The molecule has 0 saturated heterocycles. The average molecular weight is 217 g/mol. The Bertz CT molecular complexity index is 412. The van der Waals surface area contributed by atoms with Crippen LogP contribution in [-0.2, 0) is 0 Å². The first-order valence-electron chi connectivity index (χ1n) is 5.49. The molecule has 0 bridgehead atoms. The largest absolute Gasteiger partial charge is 0.486 e. The van der Waals surface area contributed by atoms with E-state index in [1.165, 1.54) is 0 Å². The molecule has 3 heteroatoms. The normalized spacial score (nSPS) is 19.4. The predicted octanol–water partition coefficient (Wildman–Crippen LogP) is 2.27. The maximum absolute atomic E-state index is 11.2.